The molecule has 1 saturated carbocycles. The zero-order chi connectivity index (χ0) is 27.3. The molecule has 0 heterocycles. The number of benzene rings is 1. The smallest absolute Gasteiger partial charge is 0.264 e. The molecular weight excluding hydrogens is 511 g/mol. The molecule has 198 valence electrons. The van der Waals surface area contributed by atoms with Crippen LogP contribution in [0.3, 0.4) is 0 Å². The second kappa shape index (κ2) is 10.0. The standard InChI is InChI=1S/C24H33ClF6N3P/c1-14(2)33(15(3)4)35(34(16(5)6)17(7)8)22(12-21(22,25)13-32)20-18(23(26,27)28)10-9-11-19(20)24(29,30)31/h9-11,14-17H,12H2,1-8H3/t21-,22+/m0/s1. The highest BCUT2D eigenvalue weighted by Crippen LogP contribution is 2.82. The van der Waals surface area contributed by atoms with Crippen LogP contribution < -0.4 is 0 Å². The van der Waals surface area contributed by atoms with Crippen LogP contribution in [0, 0.1) is 11.3 Å². The fourth-order valence-corrected chi connectivity index (χ4v) is 9.69. The first-order valence-electron chi connectivity index (χ1n) is 11.5. The molecule has 1 aromatic rings. The Kier molecular flexibility index (Phi) is 8.62. The van der Waals surface area contributed by atoms with Gasteiger partial charge in [0.05, 0.1) is 30.6 Å². The van der Waals surface area contributed by atoms with Gasteiger partial charge in [-0.2, -0.15) is 31.6 Å². The Morgan fingerprint density at radius 3 is 1.40 bits per heavy atom. The van der Waals surface area contributed by atoms with Gasteiger partial charge in [0.1, 0.15) is 4.87 Å². The summed E-state index contributed by atoms with van der Waals surface area (Å²) in [4.78, 5) is -1.93. The van der Waals surface area contributed by atoms with Gasteiger partial charge in [0.2, 0.25) is 0 Å². The molecule has 1 aliphatic rings. The molecule has 0 amide bonds. The molecule has 0 spiro atoms. The number of alkyl halides is 7. The lowest BCUT2D eigenvalue weighted by Gasteiger charge is -2.52. The van der Waals surface area contributed by atoms with Gasteiger partial charge in [0.15, 0.2) is 0 Å². The summed E-state index contributed by atoms with van der Waals surface area (Å²) in [6, 6.07) is 3.07. The molecule has 1 fully saturated rings. The SMILES string of the molecule is CC(C)N(C(C)C)P(N(C(C)C)C(C)C)[C@@]1(c2c(C(F)(F)F)cccc2C(F)(F)F)C[C@]1(Cl)C#N. The van der Waals surface area contributed by atoms with Crippen LogP contribution in [-0.4, -0.2) is 38.4 Å². The zero-order valence-corrected chi connectivity index (χ0v) is 22.8. The van der Waals surface area contributed by atoms with Crippen molar-refractivity contribution in [3.8, 4) is 6.07 Å². The van der Waals surface area contributed by atoms with Crippen molar-refractivity contribution in [1.82, 2.24) is 9.34 Å². The molecule has 0 N–H and O–H groups in total. The summed E-state index contributed by atoms with van der Waals surface area (Å²) in [5.74, 6) is 0. The number of hydrogen-bond acceptors (Lipinski definition) is 3. The summed E-state index contributed by atoms with van der Waals surface area (Å²) >= 11 is 6.70. The molecule has 0 aromatic heterocycles. The normalized spacial score (nSPS) is 23.5. The molecular formula is C24H33ClF6N3P. The molecule has 0 aliphatic heterocycles. The maximum absolute atomic E-state index is 14.3. The first kappa shape index (κ1) is 30.2. The second-order valence-corrected chi connectivity index (χ2v) is 13.0. The quantitative estimate of drug-likeness (QED) is 0.187. The summed E-state index contributed by atoms with van der Waals surface area (Å²) in [5, 5.41) is 8.16. The van der Waals surface area contributed by atoms with Crippen LogP contribution in [0.1, 0.15) is 78.5 Å². The third-order valence-electron chi connectivity index (χ3n) is 6.19. The van der Waals surface area contributed by atoms with Gasteiger partial charge >= 0.3 is 12.4 Å². The summed E-state index contributed by atoms with van der Waals surface area (Å²) in [6.45, 7) is 14.8. The topological polar surface area (TPSA) is 30.3 Å². The van der Waals surface area contributed by atoms with Crippen LogP contribution >= 0.6 is 19.8 Å². The van der Waals surface area contributed by atoms with Crippen LogP contribution in [0.25, 0.3) is 0 Å². The maximum Gasteiger partial charge on any atom is 0.416 e. The largest absolute Gasteiger partial charge is 0.416 e. The van der Waals surface area contributed by atoms with Crippen LogP contribution in [0.2, 0.25) is 0 Å². The van der Waals surface area contributed by atoms with Crippen molar-refractivity contribution in [2.24, 2.45) is 0 Å². The maximum atomic E-state index is 14.3. The molecule has 0 bridgehead atoms. The summed E-state index contributed by atoms with van der Waals surface area (Å²) in [5.41, 5.74) is -3.70. The van der Waals surface area contributed by atoms with E-state index in [0.717, 1.165) is 6.07 Å². The van der Waals surface area contributed by atoms with Crippen LogP contribution in [-0.2, 0) is 17.5 Å². The first-order chi connectivity index (χ1) is 15.8. The number of halogens is 7. The van der Waals surface area contributed by atoms with E-state index in [1.165, 1.54) is 0 Å². The predicted octanol–water partition coefficient (Wildman–Crippen LogP) is 8.37. The van der Waals surface area contributed by atoms with E-state index >= 15 is 0 Å². The minimum absolute atomic E-state index is 0.231. The number of nitriles is 1. The zero-order valence-electron chi connectivity index (χ0n) is 21.2. The van der Waals surface area contributed by atoms with Gasteiger partial charge in [0, 0.05) is 24.2 Å². The first-order valence-corrected chi connectivity index (χ1v) is 13.1. The lowest BCUT2D eigenvalue weighted by atomic mass is 9.94. The Morgan fingerprint density at radius 1 is 0.829 bits per heavy atom. The van der Waals surface area contributed by atoms with Crippen molar-refractivity contribution in [2.75, 3.05) is 0 Å². The summed E-state index contributed by atoms with van der Waals surface area (Å²) in [7, 11) is -1.96. The van der Waals surface area contributed by atoms with Gasteiger partial charge in [-0.25, -0.2) is 0 Å². The molecule has 1 aliphatic carbocycles. The Bertz CT molecular complexity index is 888. The van der Waals surface area contributed by atoms with Crippen LogP contribution in [0.4, 0.5) is 26.3 Å². The van der Waals surface area contributed by atoms with Crippen LogP contribution in [0.5, 0.6) is 0 Å². The average Bonchev–Trinajstić information content (AvgIpc) is 3.31. The molecule has 3 nitrogen and oxygen atoms in total. The Labute approximate surface area is 210 Å². The van der Waals surface area contributed by atoms with Gasteiger partial charge in [-0.1, -0.05) is 6.07 Å². The average molecular weight is 544 g/mol. The van der Waals surface area contributed by atoms with Gasteiger partial charge in [-0.05, 0) is 79.5 Å². The van der Waals surface area contributed by atoms with Crippen molar-refractivity contribution in [2.45, 2.75) is 108 Å². The second-order valence-electron chi connectivity index (χ2n) is 10.1. The van der Waals surface area contributed by atoms with Gasteiger partial charge in [-0.3, -0.25) is 9.34 Å². The van der Waals surface area contributed by atoms with Crippen molar-refractivity contribution in [3.05, 3.63) is 34.9 Å². The lowest BCUT2D eigenvalue weighted by molar-refractivity contribution is -0.144. The van der Waals surface area contributed by atoms with E-state index in [1.807, 2.05) is 70.8 Å². The third kappa shape index (κ3) is 5.32. The molecule has 0 saturated heterocycles. The minimum atomic E-state index is -5.07. The van der Waals surface area contributed by atoms with E-state index in [-0.39, 0.29) is 30.6 Å². The molecule has 0 unspecified atom stereocenters. The molecule has 0 radical (unpaired) electrons. The molecule has 11 heteroatoms. The van der Waals surface area contributed by atoms with Gasteiger partial charge in [-0.15, -0.1) is 11.6 Å². The van der Waals surface area contributed by atoms with Crippen LogP contribution in [0.15, 0.2) is 18.2 Å². The highest BCUT2D eigenvalue weighted by Gasteiger charge is 2.77. The van der Waals surface area contributed by atoms with E-state index in [4.69, 9.17) is 11.6 Å². The molecule has 1 aromatic carbocycles. The van der Waals surface area contributed by atoms with Gasteiger partial charge < -0.3 is 0 Å². The minimum Gasteiger partial charge on any atom is -0.264 e. The monoisotopic (exact) mass is 543 g/mol. The predicted molar refractivity (Wildman–Crippen MR) is 128 cm³/mol. The van der Waals surface area contributed by atoms with Crippen molar-refractivity contribution in [3.63, 3.8) is 0 Å². The van der Waals surface area contributed by atoms with E-state index in [9.17, 15) is 31.6 Å². The van der Waals surface area contributed by atoms with E-state index < -0.39 is 47.3 Å². The van der Waals surface area contributed by atoms with E-state index in [0.29, 0.717) is 12.1 Å². The lowest BCUT2D eigenvalue weighted by Crippen LogP contribution is -2.47. The summed E-state index contributed by atoms with van der Waals surface area (Å²) < 4.78 is 89.8. The number of hydrogen-bond donors (Lipinski definition) is 0. The number of nitrogens with zero attached hydrogens (tertiary/aromatic N) is 3. The Balaban J connectivity index is 3.15. The summed E-state index contributed by atoms with van der Waals surface area (Å²) in [6.07, 6.45) is -10.4. The van der Waals surface area contributed by atoms with E-state index in [2.05, 4.69) is 0 Å². The van der Waals surface area contributed by atoms with Crippen molar-refractivity contribution in [1.29, 1.82) is 5.26 Å². The van der Waals surface area contributed by atoms with Gasteiger partial charge in [0.25, 0.3) is 0 Å². The highest BCUT2D eigenvalue weighted by molar-refractivity contribution is 7.55. The van der Waals surface area contributed by atoms with E-state index in [1.54, 1.807) is 0 Å². The Morgan fingerprint density at radius 2 is 1.17 bits per heavy atom. The molecule has 35 heavy (non-hydrogen) atoms. The molecule has 2 rings (SSSR count). The highest BCUT2D eigenvalue weighted by atomic mass is 35.5. The fourth-order valence-electron chi connectivity index (χ4n) is 5.11. The fraction of sp³-hybridized carbons (Fsp3) is 0.708. The Hall–Kier alpha value is -1.07. The number of rotatable bonds is 8. The third-order valence-corrected chi connectivity index (χ3v) is 11.0. The van der Waals surface area contributed by atoms with Crippen molar-refractivity contribution < 1.29 is 26.3 Å². The van der Waals surface area contributed by atoms with Crippen molar-refractivity contribution >= 4 is 19.8 Å². The molecule has 2 atom stereocenters.